The molecule has 13 heavy (non-hydrogen) atoms. The molecule has 0 unspecified atom stereocenters. The van der Waals surface area contributed by atoms with Gasteiger partial charge in [-0.25, -0.2) is 4.98 Å². The maximum Gasteiger partial charge on any atom is 0.313 e. The topological polar surface area (TPSA) is 52.0 Å². The number of anilines is 1. The van der Waals surface area contributed by atoms with Crippen molar-refractivity contribution in [3.05, 3.63) is 24.1 Å². The summed E-state index contributed by atoms with van der Waals surface area (Å²) < 4.78 is 29.1. The Morgan fingerprint density at radius 2 is 2.15 bits per heavy atom. The van der Waals surface area contributed by atoms with Crippen molar-refractivity contribution in [2.24, 2.45) is 0 Å². The van der Waals surface area contributed by atoms with Gasteiger partial charge in [-0.1, -0.05) is 6.07 Å². The standard InChI is InChI=1S/C8H6F2N2O/c9-7(10)8-12-5-3-1-2-4(11)6(5)13-8/h1-3,7H,11H2. The first-order valence-corrected chi connectivity index (χ1v) is 3.61. The van der Waals surface area contributed by atoms with Crippen LogP contribution >= 0.6 is 0 Å². The lowest BCUT2D eigenvalue weighted by Gasteiger charge is -1.90. The number of nitrogen functional groups attached to an aromatic ring is 1. The van der Waals surface area contributed by atoms with Crippen molar-refractivity contribution in [2.45, 2.75) is 6.43 Å². The Kier molecular flexibility index (Phi) is 1.65. The number of hydrogen-bond acceptors (Lipinski definition) is 3. The summed E-state index contributed by atoms with van der Waals surface area (Å²) in [6.07, 6.45) is -2.70. The molecule has 1 aromatic carbocycles. The van der Waals surface area contributed by atoms with Gasteiger partial charge in [0.25, 0.3) is 5.89 Å². The highest BCUT2D eigenvalue weighted by Gasteiger charge is 2.16. The highest BCUT2D eigenvalue weighted by Crippen LogP contribution is 2.26. The number of alkyl halides is 2. The third kappa shape index (κ3) is 1.22. The van der Waals surface area contributed by atoms with Gasteiger partial charge < -0.3 is 10.2 Å². The van der Waals surface area contributed by atoms with Crippen molar-refractivity contribution >= 4 is 16.8 Å². The lowest BCUT2D eigenvalue weighted by atomic mass is 10.3. The number of benzene rings is 1. The monoisotopic (exact) mass is 184 g/mol. The molecule has 2 rings (SSSR count). The zero-order valence-electron chi connectivity index (χ0n) is 6.50. The molecule has 0 saturated heterocycles. The number of para-hydroxylation sites is 1. The molecule has 5 heteroatoms. The van der Waals surface area contributed by atoms with Crippen LogP contribution in [-0.2, 0) is 0 Å². The van der Waals surface area contributed by atoms with Crippen LogP contribution in [0, 0.1) is 0 Å². The Balaban J connectivity index is 2.68. The molecule has 0 spiro atoms. The number of nitrogens with two attached hydrogens (primary N) is 1. The number of halogens is 2. The van der Waals surface area contributed by atoms with E-state index < -0.39 is 12.3 Å². The first-order chi connectivity index (χ1) is 6.18. The molecule has 2 aromatic rings. The van der Waals surface area contributed by atoms with Crippen LogP contribution in [0.15, 0.2) is 22.6 Å². The minimum atomic E-state index is -2.70. The highest BCUT2D eigenvalue weighted by molar-refractivity contribution is 5.84. The summed E-state index contributed by atoms with van der Waals surface area (Å²) in [5.74, 6) is -0.590. The van der Waals surface area contributed by atoms with E-state index in [-0.39, 0.29) is 5.58 Å². The molecule has 0 aliphatic heterocycles. The quantitative estimate of drug-likeness (QED) is 0.692. The van der Waals surface area contributed by atoms with E-state index in [1.165, 1.54) is 0 Å². The van der Waals surface area contributed by atoms with Crippen LogP contribution in [0.1, 0.15) is 12.3 Å². The maximum atomic E-state index is 12.1. The van der Waals surface area contributed by atoms with Gasteiger partial charge in [-0.3, -0.25) is 0 Å². The van der Waals surface area contributed by atoms with E-state index in [0.29, 0.717) is 11.2 Å². The SMILES string of the molecule is Nc1cccc2nc(C(F)F)oc12. The van der Waals surface area contributed by atoms with Gasteiger partial charge in [0.2, 0.25) is 0 Å². The van der Waals surface area contributed by atoms with E-state index in [4.69, 9.17) is 10.2 Å². The Labute approximate surface area is 72.2 Å². The number of rotatable bonds is 1. The molecule has 0 fully saturated rings. The number of hydrogen-bond donors (Lipinski definition) is 1. The largest absolute Gasteiger partial charge is 0.433 e. The van der Waals surface area contributed by atoms with E-state index in [2.05, 4.69) is 4.98 Å². The zero-order chi connectivity index (χ0) is 9.42. The fourth-order valence-corrected chi connectivity index (χ4v) is 1.08. The summed E-state index contributed by atoms with van der Waals surface area (Å²) in [5, 5.41) is 0. The summed E-state index contributed by atoms with van der Waals surface area (Å²) in [6, 6.07) is 4.78. The van der Waals surface area contributed by atoms with Gasteiger partial charge in [-0.2, -0.15) is 8.78 Å². The minimum absolute atomic E-state index is 0.220. The molecular weight excluding hydrogens is 178 g/mol. The summed E-state index contributed by atoms with van der Waals surface area (Å²) in [4.78, 5) is 3.58. The van der Waals surface area contributed by atoms with Crippen molar-refractivity contribution in [1.82, 2.24) is 4.98 Å². The van der Waals surface area contributed by atoms with Gasteiger partial charge in [0, 0.05) is 0 Å². The first-order valence-electron chi connectivity index (χ1n) is 3.61. The predicted octanol–water partition coefficient (Wildman–Crippen LogP) is 2.35. The van der Waals surface area contributed by atoms with Crippen molar-refractivity contribution in [3.8, 4) is 0 Å². The van der Waals surface area contributed by atoms with Crippen LogP contribution in [0.4, 0.5) is 14.5 Å². The fourth-order valence-electron chi connectivity index (χ4n) is 1.08. The summed E-state index contributed by atoms with van der Waals surface area (Å²) in [6.45, 7) is 0. The molecule has 0 saturated carbocycles. The van der Waals surface area contributed by atoms with Crippen LogP contribution in [0.3, 0.4) is 0 Å². The van der Waals surface area contributed by atoms with Gasteiger partial charge >= 0.3 is 6.43 Å². The Hall–Kier alpha value is -1.65. The molecular formula is C8H6F2N2O. The molecule has 1 aromatic heterocycles. The Bertz CT molecular complexity index is 439. The molecule has 0 aliphatic carbocycles. The number of oxazole rings is 1. The van der Waals surface area contributed by atoms with Crippen LogP contribution in [-0.4, -0.2) is 4.98 Å². The lowest BCUT2D eigenvalue weighted by molar-refractivity contribution is 0.117. The summed E-state index contributed by atoms with van der Waals surface area (Å²) >= 11 is 0. The van der Waals surface area contributed by atoms with E-state index in [1.807, 2.05) is 0 Å². The van der Waals surface area contributed by atoms with Crippen molar-refractivity contribution < 1.29 is 13.2 Å². The Morgan fingerprint density at radius 1 is 1.38 bits per heavy atom. The highest BCUT2D eigenvalue weighted by atomic mass is 19.3. The van der Waals surface area contributed by atoms with Gasteiger partial charge in [0.1, 0.15) is 5.52 Å². The van der Waals surface area contributed by atoms with Gasteiger partial charge in [0.15, 0.2) is 5.58 Å². The first kappa shape index (κ1) is 7.97. The molecule has 0 atom stereocenters. The molecule has 0 aliphatic rings. The van der Waals surface area contributed by atoms with E-state index in [9.17, 15) is 8.78 Å². The van der Waals surface area contributed by atoms with Crippen LogP contribution in [0.5, 0.6) is 0 Å². The molecule has 2 N–H and O–H groups in total. The molecule has 3 nitrogen and oxygen atoms in total. The molecule has 0 amide bonds. The van der Waals surface area contributed by atoms with Crippen LogP contribution in [0.25, 0.3) is 11.1 Å². The molecule has 1 heterocycles. The van der Waals surface area contributed by atoms with E-state index in [1.54, 1.807) is 18.2 Å². The maximum absolute atomic E-state index is 12.1. The van der Waals surface area contributed by atoms with E-state index >= 15 is 0 Å². The average molecular weight is 184 g/mol. The number of nitrogens with zero attached hydrogens (tertiary/aromatic N) is 1. The van der Waals surface area contributed by atoms with Gasteiger partial charge in [-0.15, -0.1) is 0 Å². The summed E-state index contributed by atoms with van der Waals surface area (Å²) in [7, 11) is 0. The average Bonchev–Trinajstić information content (AvgIpc) is 2.49. The predicted molar refractivity (Wildman–Crippen MR) is 43.4 cm³/mol. The van der Waals surface area contributed by atoms with Gasteiger partial charge in [0.05, 0.1) is 5.69 Å². The third-order valence-electron chi connectivity index (χ3n) is 1.65. The van der Waals surface area contributed by atoms with Crippen LogP contribution in [0.2, 0.25) is 0 Å². The fraction of sp³-hybridized carbons (Fsp3) is 0.125. The Morgan fingerprint density at radius 3 is 2.77 bits per heavy atom. The third-order valence-corrected chi connectivity index (χ3v) is 1.65. The lowest BCUT2D eigenvalue weighted by Crippen LogP contribution is -1.82. The second-order valence-electron chi connectivity index (χ2n) is 2.55. The molecule has 68 valence electrons. The minimum Gasteiger partial charge on any atom is -0.433 e. The number of aromatic nitrogens is 1. The zero-order valence-corrected chi connectivity index (χ0v) is 6.50. The van der Waals surface area contributed by atoms with E-state index in [0.717, 1.165) is 0 Å². The second-order valence-corrected chi connectivity index (χ2v) is 2.55. The normalized spacial score (nSPS) is 11.3. The summed E-state index contributed by atoms with van der Waals surface area (Å²) in [5.41, 5.74) is 6.38. The smallest absolute Gasteiger partial charge is 0.313 e. The van der Waals surface area contributed by atoms with Crippen LogP contribution < -0.4 is 5.73 Å². The second kappa shape index (κ2) is 2.69. The van der Waals surface area contributed by atoms with Gasteiger partial charge in [-0.05, 0) is 12.1 Å². The van der Waals surface area contributed by atoms with Crippen molar-refractivity contribution in [2.75, 3.05) is 5.73 Å². The molecule has 0 radical (unpaired) electrons. The van der Waals surface area contributed by atoms with Crippen molar-refractivity contribution in [1.29, 1.82) is 0 Å². The number of fused-ring (bicyclic) bond motifs is 1. The molecule has 0 bridgehead atoms. The van der Waals surface area contributed by atoms with Crippen molar-refractivity contribution in [3.63, 3.8) is 0 Å².